The molecule has 3 unspecified atom stereocenters. The molecule has 0 fully saturated rings. The van der Waals surface area contributed by atoms with Crippen molar-refractivity contribution in [2.24, 2.45) is 5.92 Å². The van der Waals surface area contributed by atoms with E-state index in [2.05, 4.69) is 140 Å². The minimum atomic E-state index is -0.587. The molecule has 3 aliphatic carbocycles. The fourth-order valence-corrected chi connectivity index (χ4v) is 8.13. The average molecular weight is 644 g/mol. The van der Waals surface area contributed by atoms with E-state index in [9.17, 15) is 0 Å². The number of nitrogens with zero attached hydrogens (tertiary/aromatic N) is 3. The van der Waals surface area contributed by atoms with Crippen LogP contribution < -0.4 is 0 Å². The van der Waals surface area contributed by atoms with Gasteiger partial charge < -0.3 is 4.42 Å². The second kappa shape index (κ2) is 11.2. The van der Waals surface area contributed by atoms with Gasteiger partial charge in [0.05, 0.1) is 5.41 Å². The van der Waals surface area contributed by atoms with Gasteiger partial charge in [-0.15, -0.1) is 0 Å². The highest BCUT2D eigenvalue weighted by Gasteiger charge is 2.42. The Morgan fingerprint density at radius 3 is 2.38 bits per heavy atom. The summed E-state index contributed by atoms with van der Waals surface area (Å²) >= 11 is 0. The first-order valence-corrected chi connectivity index (χ1v) is 17.3. The molecule has 4 heteroatoms. The summed E-state index contributed by atoms with van der Waals surface area (Å²) in [6, 6.07) is 40.2. The number of para-hydroxylation sites is 1. The highest BCUT2D eigenvalue weighted by molar-refractivity contribution is 5.96. The third kappa shape index (κ3) is 4.49. The van der Waals surface area contributed by atoms with E-state index < -0.39 is 5.41 Å². The first-order valence-electron chi connectivity index (χ1n) is 17.3. The lowest BCUT2D eigenvalue weighted by atomic mass is 9.71. The van der Waals surface area contributed by atoms with Crippen LogP contribution in [0, 0.1) is 5.92 Å². The molecular formula is C46H33N3O. The molecule has 0 spiro atoms. The number of fused-ring (bicyclic) bond motifs is 7. The predicted molar refractivity (Wildman–Crippen MR) is 203 cm³/mol. The van der Waals surface area contributed by atoms with Crippen LogP contribution in [0.15, 0.2) is 156 Å². The van der Waals surface area contributed by atoms with Crippen molar-refractivity contribution in [3.05, 3.63) is 186 Å². The van der Waals surface area contributed by atoms with Crippen LogP contribution in [-0.2, 0) is 5.41 Å². The summed E-state index contributed by atoms with van der Waals surface area (Å²) in [6.07, 6.45) is 16.6. The molecule has 0 radical (unpaired) electrons. The summed E-state index contributed by atoms with van der Waals surface area (Å²) in [5, 5.41) is 3.36. The van der Waals surface area contributed by atoms with Crippen LogP contribution in [-0.4, -0.2) is 15.0 Å². The zero-order valence-corrected chi connectivity index (χ0v) is 27.6. The Morgan fingerprint density at radius 1 is 0.680 bits per heavy atom. The molecule has 3 aliphatic rings. The van der Waals surface area contributed by atoms with E-state index in [4.69, 9.17) is 19.4 Å². The van der Waals surface area contributed by atoms with E-state index in [1.165, 1.54) is 16.7 Å². The smallest absolute Gasteiger partial charge is 0.164 e. The van der Waals surface area contributed by atoms with Crippen LogP contribution >= 0.6 is 0 Å². The number of furan rings is 1. The second-order valence-electron chi connectivity index (χ2n) is 13.7. The van der Waals surface area contributed by atoms with Gasteiger partial charge in [0.2, 0.25) is 0 Å². The normalized spacial score (nSPS) is 20.4. The third-order valence-electron chi connectivity index (χ3n) is 10.7. The van der Waals surface area contributed by atoms with Crippen LogP contribution in [0.25, 0.3) is 56.2 Å². The molecule has 0 N–H and O–H groups in total. The first kappa shape index (κ1) is 28.8. The Labute approximate surface area is 290 Å². The molecular weight excluding hydrogens is 611 g/mol. The predicted octanol–water partition coefficient (Wildman–Crippen LogP) is 11.1. The van der Waals surface area contributed by atoms with Crippen LogP contribution in [0.4, 0.5) is 0 Å². The van der Waals surface area contributed by atoms with Crippen LogP contribution in [0.1, 0.15) is 53.1 Å². The monoisotopic (exact) mass is 643 g/mol. The van der Waals surface area contributed by atoms with Crippen molar-refractivity contribution in [3.63, 3.8) is 0 Å². The van der Waals surface area contributed by atoms with E-state index >= 15 is 0 Å². The molecule has 3 atom stereocenters. The topological polar surface area (TPSA) is 51.8 Å². The van der Waals surface area contributed by atoms with Crippen molar-refractivity contribution >= 4 is 33.4 Å². The van der Waals surface area contributed by atoms with E-state index in [0.717, 1.165) is 55.6 Å². The summed E-state index contributed by atoms with van der Waals surface area (Å²) < 4.78 is 6.83. The van der Waals surface area contributed by atoms with Gasteiger partial charge in [-0.1, -0.05) is 146 Å². The fourth-order valence-electron chi connectivity index (χ4n) is 8.13. The Morgan fingerprint density at radius 2 is 1.46 bits per heavy atom. The van der Waals surface area contributed by atoms with E-state index in [-0.39, 0.29) is 0 Å². The van der Waals surface area contributed by atoms with Crippen molar-refractivity contribution < 1.29 is 4.42 Å². The Balaban J connectivity index is 1.18. The van der Waals surface area contributed by atoms with Gasteiger partial charge in [0.15, 0.2) is 11.6 Å². The molecule has 7 aromatic rings. The molecule has 2 heterocycles. The largest absolute Gasteiger partial charge is 0.456 e. The van der Waals surface area contributed by atoms with Gasteiger partial charge in [-0.25, -0.2) is 15.0 Å². The zero-order valence-electron chi connectivity index (χ0n) is 27.6. The maximum Gasteiger partial charge on any atom is 0.164 e. The summed E-state index contributed by atoms with van der Waals surface area (Å²) in [5.41, 5.74) is 8.26. The lowest BCUT2D eigenvalue weighted by molar-refractivity contribution is 0.506. The summed E-state index contributed by atoms with van der Waals surface area (Å²) in [4.78, 5) is 15.7. The van der Waals surface area contributed by atoms with Gasteiger partial charge in [0, 0.05) is 39.5 Å². The molecule has 0 saturated carbocycles. The molecule has 5 aromatic carbocycles. The van der Waals surface area contributed by atoms with Crippen molar-refractivity contribution in [2.45, 2.75) is 24.7 Å². The number of hydrogen-bond acceptors (Lipinski definition) is 4. The Kier molecular flexibility index (Phi) is 6.47. The lowest BCUT2D eigenvalue weighted by Gasteiger charge is -2.32. The zero-order chi connectivity index (χ0) is 33.2. The maximum absolute atomic E-state index is 6.83. The molecule has 0 bridgehead atoms. The third-order valence-corrected chi connectivity index (χ3v) is 10.7. The van der Waals surface area contributed by atoms with Gasteiger partial charge >= 0.3 is 0 Å². The van der Waals surface area contributed by atoms with Gasteiger partial charge in [0.25, 0.3) is 0 Å². The molecule has 2 aromatic heterocycles. The number of rotatable bonds is 4. The molecule has 10 rings (SSSR count). The van der Waals surface area contributed by atoms with E-state index in [1.54, 1.807) is 0 Å². The highest BCUT2D eigenvalue weighted by atomic mass is 16.3. The SMILES string of the molecule is CC1(c2nc(-c3ccccc3)nc(-c3cccc4ccccc34)n2)CC=C(c2ccc3c(c2)C2C=CC=CC2C=C3)c2oc3ccccc3c21. The molecule has 0 aliphatic heterocycles. The number of hydrogen-bond donors (Lipinski definition) is 0. The highest BCUT2D eigenvalue weighted by Crippen LogP contribution is 2.50. The van der Waals surface area contributed by atoms with Gasteiger partial charge in [-0.3, -0.25) is 0 Å². The Bertz CT molecular complexity index is 2600. The van der Waals surface area contributed by atoms with Crippen molar-refractivity contribution in [1.82, 2.24) is 15.0 Å². The number of benzene rings is 5. The second-order valence-corrected chi connectivity index (χ2v) is 13.7. The minimum Gasteiger partial charge on any atom is -0.456 e. The van der Waals surface area contributed by atoms with Crippen LogP contribution in [0.3, 0.4) is 0 Å². The minimum absolute atomic E-state index is 0.332. The van der Waals surface area contributed by atoms with Crippen molar-refractivity contribution in [3.8, 4) is 22.8 Å². The van der Waals surface area contributed by atoms with Gasteiger partial charge in [0.1, 0.15) is 17.2 Å². The summed E-state index contributed by atoms with van der Waals surface area (Å²) in [7, 11) is 0. The number of aromatic nitrogens is 3. The maximum atomic E-state index is 6.83. The van der Waals surface area contributed by atoms with Gasteiger partial charge in [-0.2, -0.15) is 0 Å². The fraction of sp³-hybridized carbons (Fsp3) is 0.109. The quantitative estimate of drug-likeness (QED) is 0.191. The van der Waals surface area contributed by atoms with Crippen molar-refractivity contribution in [1.29, 1.82) is 0 Å². The van der Waals surface area contributed by atoms with Crippen LogP contribution in [0.2, 0.25) is 0 Å². The standard InChI is InChI=1S/C46H33N3O/c1-46(45-48-43(32-14-3-2-4-15-32)47-44(49-45)37-20-11-16-29-12-5-7-17-34(29)37)27-26-36(42-41(46)38-19-9-10-21-40(38)50-42)33-25-24-31-23-22-30-13-6-8-18-35(30)39(31)28-33/h2-26,28,30,35H,27H2,1H3. The summed E-state index contributed by atoms with van der Waals surface area (Å²) in [5.74, 6) is 3.66. The molecule has 238 valence electrons. The van der Waals surface area contributed by atoms with Crippen LogP contribution in [0.5, 0.6) is 0 Å². The van der Waals surface area contributed by atoms with E-state index in [1.807, 2.05) is 24.3 Å². The molecule has 4 nitrogen and oxygen atoms in total. The molecule has 0 amide bonds. The molecule has 0 saturated heterocycles. The lowest BCUT2D eigenvalue weighted by Crippen LogP contribution is -2.30. The first-order chi connectivity index (χ1) is 24.6. The van der Waals surface area contributed by atoms with Crippen molar-refractivity contribution in [2.75, 3.05) is 0 Å². The summed E-state index contributed by atoms with van der Waals surface area (Å²) in [6.45, 7) is 2.26. The van der Waals surface area contributed by atoms with E-state index in [0.29, 0.717) is 29.9 Å². The average Bonchev–Trinajstić information content (AvgIpc) is 3.59. The molecule has 50 heavy (non-hydrogen) atoms. The van der Waals surface area contributed by atoms with Gasteiger partial charge in [-0.05, 0) is 52.9 Å². The number of allylic oxidation sites excluding steroid dienone is 6. The Hall–Kier alpha value is -6.13.